The summed E-state index contributed by atoms with van der Waals surface area (Å²) in [5, 5.41) is 0. The molecule has 0 bridgehead atoms. The van der Waals surface area contributed by atoms with Gasteiger partial charge in [0.05, 0.1) is 0 Å². The second kappa shape index (κ2) is 6.62. The lowest BCUT2D eigenvalue weighted by atomic mass is 9.66. The third-order valence-electron chi connectivity index (χ3n) is 6.54. The van der Waals surface area contributed by atoms with Crippen LogP contribution in [0.3, 0.4) is 0 Å². The number of fused-ring (bicyclic) bond motifs is 1. The Balaban J connectivity index is 1.56. The van der Waals surface area contributed by atoms with Gasteiger partial charge in [-0.15, -0.1) is 0 Å². The van der Waals surface area contributed by atoms with E-state index in [4.69, 9.17) is 0 Å². The number of carbonyl (C=O) groups excluding carboxylic acids is 2. The quantitative estimate of drug-likeness (QED) is 0.714. The highest BCUT2D eigenvalue weighted by atomic mass is 16.2. The minimum atomic E-state index is -0.0128. The SMILES string of the molecule is CC1CCC(C(=O)C(=O)C2CCC3CCCCC3C2)CC1. The fourth-order valence-electron chi connectivity index (χ4n) is 5.04. The summed E-state index contributed by atoms with van der Waals surface area (Å²) in [6.45, 7) is 2.26. The van der Waals surface area contributed by atoms with Gasteiger partial charge in [-0.1, -0.05) is 45.4 Å². The molecule has 0 heterocycles. The van der Waals surface area contributed by atoms with Crippen molar-refractivity contribution in [2.45, 2.75) is 77.6 Å². The molecule has 3 aliphatic carbocycles. The Morgan fingerprint density at radius 1 is 0.667 bits per heavy atom. The molecule has 0 aliphatic heterocycles. The number of hydrogen-bond donors (Lipinski definition) is 0. The van der Waals surface area contributed by atoms with Gasteiger partial charge in [0.15, 0.2) is 0 Å². The lowest BCUT2D eigenvalue weighted by molar-refractivity contribution is -0.143. The van der Waals surface area contributed by atoms with Gasteiger partial charge in [0, 0.05) is 11.8 Å². The van der Waals surface area contributed by atoms with Crippen LogP contribution in [0.4, 0.5) is 0 Å². The minimum Gasteiger partial charge on any atom is -0.291 e. The van der Waals surface area contributed by atoms with Gasteiger partial charge in [-0.2, -0.15) is 0 Å². The third-order valence-corrected chi connectivity index (χ3v) is 6.54. The Kier molecular flexibility index (Phi) is 4.81. The summed E-state index contributed by atoms with van der Waals surface area (Å²) < 4.78 is 0. The molecular weight excluding hydrogens is 260 g/mol. The Bertz CT molecular complexity index is 392. The van der Waals surface area contributed by atoms with E-state index in [1.807, 2.05) is 0 Å². The number of Topliss-reactive ketones (excluding diaryl/α,β-unsaturated/α-hetero) is 2. The average molecular weight is 290 g/mol. The molecule has 0 aromatic heterocycles. The van der Waals surface area contributed by atoms with Crippen molar-refractivity contribution < 1.29 is 9.59 Å². The van der Waals surface area contributed by atoms with Crippen molar-refractivity contribution in [2.24, 2.45) is 29.6 Å². The molecule has 3 unspecified atom stereocenters. The van der Waals surface area contributed by atoms with Crippen molar-refractivity contribution in [3.8, 4) is 0 Å². The zero-order valence-electron chi connectivity index (χ0n) is 13.5. The molecule has 0 spiro atoms. The van der Waals surface area contributed by atoms with E-state index in [2.05, 4.69) is 6.92 Å². The van der Waals surface area contributed by atoms with Gasteiger partial charge in [0.2, 0.25) is 11.6 Å². The van der Waals surface area contributed by atoms with E-state index in [1.165, 1.54) is 32.1 Å². The van der Waals surface area contributed by atoms with Gasteiger partial charge in [0.25, 0.3) is 0 Å². The first-order valence-electron chi connectivity index (χ1n) is 9.23. The average Bonchev–Trinajstić information content (AvgIpc) is 2.54. The lowest BCUT2D eigenvalue weighted by Crippen LogP contribution is -2.37. The van der Waals surface area contributed by atoms with Crippen molar-refractivity contribution in [3.05, 3.63) is 0 Å². The summed E-state index contributed by atoms with van der Waals surface area (Å²) in [6.07, 6.45) is 12.7. The number of rotatable bonds is 3. The standard InChI is InChI=1S/C19H30O2/c1-13-6-8-15(9-7-13)18(20)19(21)17-11-10-14-4-2-3-5-16(14)12-17/h13-17H,2-12H2,1H3. The highest BCUT2D eigenvalue weighted by Gasteiger charge is 2.39. The van der Waals surface area contributed by atoms with Crippen molar-refractivity contribution in [3.63, 3.8) is 0 Å². The molecule has 3 rings (SSSR count). The molecule has 0 amide bonds. The minimum absolute atomic E-state index is 0.00132. The highest BCUT2D eigenvalue weighted by molar-refractivity contribution is 6.38. The second-order valence-corrected chi connectivity index (χ2v) is 8.00. The van der Waals surface area contributed by atoms with Crippen LogP contribution in [0.2, 0.25) is 0 Å². The summed E-state index contributed by atoms with van der Waals surface area (Å²) in [6, 6.07) is 0. The zero-order chi connectivity index (χ0) is 14.8. The van der Waals surface area contributed by atoms with Gasteiger partial charge < -0.3 is 0 Å². The maximum Gasteiger partial charge on any atom is 0.201 e. The Morgan fingerprint density at radius 2 is 1.24 bits per heavy atom. The van der Waals surface area contributed by atoms with E-state index >= 15 is 0 Å². The summed E-state index contributed by atoms with van der Waals surface area (Å²) in [7, 11) is 0. The molecule has 118 valence electrons. The molecular formula is C19H30O2. The van der Waals surface area contributed by atoms with Crippen LogP contribution in [0.15, 0.2) is 0 Å². The zero-order valence-corrected chi connectivity index (χ0v) is 13.5. The van der Waals surface area contributed by atoms with Crippen molar-refractivity contribution >= 4 is 11.6 Å². The van der Waals surface area contributed by atoms with Crippen molar-refractivity contribution in [1.82, 2.24) is 0 Å². The van der Waals surface area contributed by atoms with Gasteiger partial charge >= 0.3 is 0 Å². The summed E-state index contributed by atoms with van der Waals surface area (Å²) in [5.74, 6) is 2.43. The topological polar surface area (TPSA) is 34.1 Å². The fourth-order valence-corrected chi connectivity index (χ4v) is 5.04. The summed E-state index contributed by atoms with van der Waals surface area (Å²) in [5.41, 5.74) is 0. The largest absolute Gasteiger partial charge is 0.291 e. The molecule has 0 saturated heterocycles. The van der Waals surface area contributed by atoms with Crippen LogP contribution < -0.4 is 0 Å². The Hall–Kier alpha value is -0.660. The maximum absolute atomic E-state index is 12.6. The molecule has 2 nitrogen and oxygen atoms in total. The molecule has 3 fully saturated rings. The van der Waals surface area contributed by atoms with Crippen LogP contribution in [-0.4, -0.2) is 11.6 Å². The molecule has 0 radical (unpaired) electrons. The first kappa shape index (κ1) is 15.2. The van der Waals surface area contributed by atoms with Gasteiger partial charge in [-0.3, -0.25) is 9.59 Å². The van der Waals surface area contributed by atoms with E-state index in [-0.39, 0.29) is 23.4 Å². The van der Waals surface area contributed by atoms with Crippen LogP contribution in [-0.2, 0) is 9.59 Å². The monoisotopic (exact) mass is 290 g/mol. The van der Waals surface area contributed by atoms with Crippen molar-refractivity contribution in [1.29, 1.82) is 0 Å². The molecule has 3 atom stereocenters. The predicted octanol–water partition coefficient (Wildman–Crippen LogP) is 4.56. The molecule has 0 aromatic rings. The highest BCUT2D eigenvalue weighted by Crippen LogP contribution is 2.43. The molecule has 21 heavy (non-hydrogen) atoms. The molecule has 3 saturated carbocycles. The van der Waals surface area contributed by atoms with E-state index in [0.29, 0.717) is 0 Å². The van der Waals surface area contributed by atoms with E-state index in [9.17, 15) is 9.59 Å². The van der Waals surface area contributed by atoms with Crippen LogP contribution in [0.25, 0.3) is 0 Å². The normalized spacial score (nSPS) is 40.3. The number of hydrogen-bond acceptors (Lipinski definition) is 2. The lowest BCUT2D eigenvalue weighted by Gasteiger charge is -2.39. The van der Waals surface area contributed by atoms with Gasteiger partial charge in [0.1, 0.15) is 0 Å². The van der Waals surface area contributed by atoms with E-state index < -0.39 is 0 Å². The fraction of sp³-hybridized carbons (Fsp3) is 0.895. The first-order valence-corrected chi connectivity index (χ1v) is 9.23. The van der Waals surface area contributed by atoms with Gasteiger partial charge in [-0.25, -0.2) is 0 Å². The maximum atomic E-state index is 12.6. The molecule has 3 aliphatic rings. The summed E-state index contributed by atoms with van der Waals surface area (Å²) in [4.78, 5) is 25.1. The number of carbonyl (C=O) groups is 2. The predicted molar refractivity (Wildman–Crippen MR) is 83.9 cm³/mol. The Morgan fingerprint density at radius 3 is 1.95 bits per heavy atom. The van der Waals surface area contributed by atoms with Crippen LogP contribution >= 0.6 is 0 Å². The van der Waals surface area contributed by atoms with Crippen LogP contribution in [0.5, 0.6) is 0 Å². The van der Waals surface area contributed by atoms with E-state index in [1.54, 1.807) is 0 Å². The molecule has 0 aromatic carbocycles. The number of ketones is 2. The Labute approximate surface area is 129 Å². The van der Waals surface area contributed by atoms with Crippen molar-refractivity contribution in [2.75, 3.05) is 0 Å². The van der Waals surface area contributed by atoms with Gasteiger partial charge in [-0.05, 0) is 49.9 Å². The van der Waals surface area contributed by atoms with Crippen LogP contribution in [0, 0.1) is 29.6 Å². The molecule has 2 heteroatoms. The smallest absolute Gasteiger partial charge is 0.201 e. The summed E-state index contributed by atoms with van der Waals surface area (Å²) >= 11 is 0. The van der Waals surface area contributed by atoms with Crippen LogP contribution in [0.1, 0.15) is 77.6 Å². The third kappa shape index (κ3) is 3.40. The first-order chi connectivity index (χ1) is 10.1. The molecule has 0 N–H and O–H groups in total. The second-order valence-electron chi connectivity index (χ2n) is 8.00. The van der Waals surface area contributed by atoms with E-state index in [0.717, 1.165) is 56.3 Å².